The van der Waals surface area contributed by atoms with Crippen LogP contribution in [0.5, 0.6) is 5.75 Å². The Morgan fingerprint density at radius 1 is 0.969 bits per heavy atom. The Morgan fingerprint density at radius 2 is 1.62 bits per heavy atom. The van der Waals surface area contributed by atoms with Crippen LogP contribution in [0.3, 0.4) is 0 Å². The lowest BCUT2D eigenvalue weighted by molar-refractivity contribution is 0.0989. The molecule has 1 atom stereocenters. The van der Waals surface area contributed by atoms with Crippen molar-refractivity contribution in [3.63, 3.8) is 0 Å². The summed E-state index contributed by atoms with van der Waals surface area (Å²) >= 11 is 1.33. The molecule has 0 radical (unpaired) electrons. The maximum absolute atomic E-state index is 13.6. The fourth-order valence-corrected chi connectivity index (χ4v) is 4.37. The van der Waals surface area contributed by atoms with E-state index < -0.39 is 5.25 Å². The van der Waals surface area contributed by atoms with Crippen molar-refractivity contribution in [2.75, 3.05) is 6.61 Å². The highest BCUT2D eigenvalue weighted by molar-refractivity contribution is 8.00. The number of rotatable bonds is 8. The summed E-state index contributed by atoms with van der Waals surface area (Å²) in [7, 11) is 0. The zero-order valence-electron chi connectivity index (χ0n) is 18.2. The highest BCUT2D eigenvalue weighted by Gasteiger charge is 2.27. The lowest BCUT2D eigenvalue weighted by Crippen LogP contribution is -2.12. The summed E-state index contributed by atoms with van der Waals surface area (Å²) in [6, 6.07) is 23.2. The molecule has 4 aromatic rings. The Labute approximate surface area is 191 Å². The van der Waals surface area contributed by atoms with Gasteiger partial charge in [0.15, 0.2) is 5.78 Å². The molecule has 4 rings (SSSR count). The number of tetrazole rings is 1. The van der Waals surface area contributed by atoms with Crippen molar-refractivity contribution in [3.8, 4) is 11.4 Å². The maximum atomic E-state index is 13.6. The minimum atomic E-state index is -0.498. The van der Waals surface area contributed by atoms with Crippen molar-refractivity contribution in [2.24, 2.45) is 0 Å². The summed E-state index contributed by atoms with van der Waals surface area (Å²) in [5, 5.41) is 12.3. The van der Waals surface area contributed by atoms with E-state index in [1.807, 2.05) is 93.6 Å². The molecule has 162 valence electrons. The van der Waals surface area contributed by atoms with E-state index in [4.69, 9.17) is 4.74 Å². The van der Waals surface area contributed by atoms with Gasteiger partial charge in [-0.1, -0.05) is 83.6 Å². The third kappa shape index (κ3) is 4.73. The Bertz CT molecular complexity index is 1200. The number of aromatic nitrogens is 4. The second-order valence-corrected chi connectivity index (χ2v) is 8.49. The van der Waals surface area contributed by atoms with E-state index in [1.165, 1.54) is 11.8 Å². The van der Waals surface area contributed by atoms with Gasteiger partial charge in [0.25, 0.3) is 0 Å². The van der Waals surface area contributed by atoms with Crippen LogP contribution in [0.1, 0.15) is 39.2 Å². The molecule has 0 bridgehead atoms. The van der Waals surface area contributed by atoms with Gasteiger partial charge in [0.1, 0.15) is 16.7 Å². The van der Waals surface area contributed by atoms with Gasteiger partial charge in [0.05, 0.1) is 6.61 Å². The molecule has 1 unspecified atom stereocenters. The van der Waals surface area contributed by atoms with E-state index in [0.29, 0.717) is 23.1 Å². The Hall–Kier alpha value is -3.45. The standard InChI is InChI=1S/C25H24N4O2S/c1-4-31-22-8-6-5-7-21(22)29-25(26-27-28-29)32-24(20-15-11-18(3)12-16-20)23(30)19-13-9-17(2)10-14-19/h5-16,24H,4H2,1-3H3. The summed E-state index contributed by atoms with van der Waals surface area (Å²) < 4.78 is 7.38. The molecule has 0 saturated heterocycles. The summed E-state index contributed by atoms with van der Waals surface area (Å²) in [5.74, 6) is 0.687. The average Bonchev–Trinajstić information content (AvgIpc) is 3.27. The van der Waals surface area contributed by atoms with Crippen LogP contribution in [-0.2, 0) is 0 Å². The van der Waals surface area contributed by atoms with Crippen LogP contribution >= 0.6 is 11.8 Å². The zero-order chi connectivity index (χ0) is 22.5. The number of benzene rings is 3. The van der Waals surface area contributed by atoms with Crippen molar-refractivity contribution in [1.29, 1.82) is 0 Å². The number of Topliss-reactive ketones (excluding diaryl/α,β-unsaturated/α-hetero) is 1. The van der Waals surface area contributed by atoms with E-state index >= 15 is 0 Å². The van der Waals surface area contributed by atoms with Crippen molar-refractivity contribution in [1.82, 2.24) is 20.2 Å². The number of carbonyl (C=O) groups is 1. The van der Waals surface area contributed by atoms with Crippen LogP contribution in [0.4, 0.5) is 0 Å². The van der Waals surface area contributed by atoms with Gasteiger partial charge in [0, 0.05) is 5.56 Å². The molecule has 0 spiro atoms. The summed E-state index contributed by atoms with van der Waals surface area (Å²) in [4.78, 5) is 13.6. The molecular weight excluding hydrogens is 420 g/mol. The summed E-state index contributed by atoms with van der Waals surface area (Å²) in [6.07, 6.45) is 0. The van der Waals surface area contributed by atoms with Crippen LogP contribution in [-0.4, -0.2) is 32.6 Å². The molecule has 1 aromatic heterocycles. The molecule has 0 aliphatic rings. The van der Waals surface area contributed by atoms with Gasteiger partial charge >= 0.3 is 0 Å². The number of hydrogen-bond acceptors (Lipinski definition) is 6. The number of hydrogen-bond donors (Lipinski definition) is 0. The summed E-state index contributed by atoms with van der Waals surface area (Å²) in [5.41, 5.74) is 4.53. The van der Waals surface area contributed by atoms with Gasteiger partial charge in [-0.05, 0) is 48.9 Å². The second kappa shape index (κ2) is 9.78. The molecule has 6 nitrogen and oxygen atoms in total. The van der Waals surface area contributed by atoms with Crippen LogP contribution in [0.15, 0.2) is 78.0 Å². The Morgan fingerprint density at radius 3 is 2.31 bits per heavy atom. The van der Waals surface area contributed by atoms with Gasteiger partial charge in [-0.25, -0.2) is 0 Å². The van der Waals surface area contributed by atoms with Crippen LogP contribution in [0.2, 0.25) is 0 Å². The molecular formula is C25H24N4O2S. The Kier molecular flexibility index (Phi) is 6.66. The predicted molar refractivity (Wildman–Crippen MR) is 126 cm³/mol. The van der Waals surface area contributed by atoms with Crippen LogP contribution in [0, 0.1) is 13.8 Å². The number of carbonyl (C=O) groups excluding carboxylic acids is 1. The van der Waals surface area contributed by atoms with E-state index in [0.717, 1.165) is 22.4 Å². The largest absolute Gasteiger partial charge is 0.492 e. The fourth-order valence-electron chi connectivity index (χ4n) is 3.30. The number of aryl methyl sites for hydroxylation is 2. The number of para-hydroxylation sites is 2. The van der Waals surface area contributed by atoms with E-state index in [-0.39, 0.29) is 5.78 Å². The predicted octanol–water partition coefficient (Wildman–Crippen LogP) is 5.39. The van der Waals surface area contributed by atoms with Crippen LogP contribution < -0.4 is 4.74 Å². The third-order valence-corrected chi connectivity index (χ3v) is 6.20. The van der Waals surface area contributed by atoms with Gasteiger partial charge in [-0.15, -0.1) is 5.10 Å². The van der Waals surface area contributed by atoms with E-state index in [2.05, 4.69) is 15.5 Å². The molecule has 32 heavy (non-hydrogen) atoms. The monoisotopic (exact) mass is 444 g/mol. The molecule has 0 saturated carbocycles. The molecule has 0 aliphatic carbocycles. The first-order valence-corrected chi connectivity index (χ1v) is 11.3. The van der Waals surface area contributed by atoms with Crippen molar-refractivity contribution in [2.45, 2.75) is 31.2 Å². The molecule has 1 heterocycles. The molecule has 7 heteroatoms. The third-order valence-electron chi connectivity index (χ3n) is 5.01. The van der Waals surface area contributed by atoms with Crippen molar-refractivity contribution in [3.05, 3.63) is 95.1 Å². The first kappa shape index (κ1) is 21.8. The van der Waals surface area contributed by atoms with Gasteiger partial charge in [0.2, 0.25) is 5.16 Å². The summed E-state index contributed by atoms with van der Waals surface area (Å²) in [6.45, 7) is 6.49. The molecule has 3 aromatic carbocycles. The minimum absolute atomic E-state index is 0.00602. The van der Waals surface area contributed by atoms with Gasteiger partial charge in [-0.3, -0.25) is 4.79 Å². The van der Waals surface area contributed by atoms with Crippen molar-refractivity contribution < 1.29 is 9.53 Å². The van der Waals surface area contributed by atoms with Gasteiger partial charge < -0.3 is 4.74 Å². The zero-order valence-corrected chi connectivity index (χ0v) is 19.0. The van der Waals surface area contributed by atoms with E-state index in [1.54, 1.807) is 4.68 Å². The SMILES string of the molecule is CCOc1ccccc1-n1nnnc1SC(C(=O)c1ccc(C)cc1)c1ccc(C)cc1. The smallest absolute Gasteiger partial charge is 0.215 e. The number of ketones is 1. The first-order chi connectivity index (χ1) is 15.6. The quantitative estimate of drug-likeness (QED) is 0.268. The molecule has 0 fully saturated rings. The van der Waals surface area contributed by atoms with E-state index in [9.17, 15) is 4.79 Å². The minimum Gasteiger partial charge on any atom is -0.492 e. The lowest BCUT2D eigenvalue weighted by atomic mass is 10.0. The topological polar surface area (TPSA) is 69.9 Å². The second-order valence-electron chi connectivity index (χ2n) is 7.41. The Balaban J connectivity index is 1.73. The number of thioether (sulfide) groups is 1. The maximum Gasteiger partial charge on any atom is 0.215 e. The molecule has 0 amide bonds. The number of ether oxygens (including phenoxy) is 1. The lowest BCUT2D eigenvalue weighted by Gasteiger charge is -2.17. The molecule has 0 aliphatic heterocycles. The average molecular weight is 445 g/mol. The van der Waals surface area contributed by atoms with Crippen LogP contribution in [0.25, 0.3) is 5.69 Å². The highest BCUT2D eigenvalue weighted by atomic mass is 32.2. The normalized spacial score (nSPS) is 11.8. The fraction of sp³-hybridized carbons (Fsp3) is 0.200. The first-order valence-electron chi connectivity index (χ1n) is 10.4. The van der Waals surface area contributed by atoms with Crippen molar-refractivity contribution >= 4 is 17.5 Å². The molecule has 0 N–H and O–H groups in total. The van der Waals surface area contributed by atoms with Gasteiger partial charge in [-0.2, -0.15) is 4.68 Å². The number of nitrogens with zero attached hydrogens (tertiary/aromatic N) is 4. The highest BCUT2D eigenvalue weighted by Crippen LogP contribution is 2.38.